The Morgan fingerprint density at radius 2 is 1.97 bits per heavy atom. The lowest BCUT2D eigenvalue weighted by Gasteiger charge is -2.30. The van der Waals surface area contributed by atoms with Gasteiger partial charge in [0.2, 0.25) is 0 Å². The summed E-state index contributed by atoms with van der Waals surface area (Å²) in [6, 6.07) is 12.2. The van der Waals surface area contributed by atoms with E-state index in [-0.39, 0.29) is 5.97 Å². The average molecular weight is 418 g/mol. The van der Waals surface area contributed by atoms with Gasteiger partial charge in [-0.3, -0.25) is 4.79 Å². The number of esters is 1. The normalized spacial score (nSPS) is 13.0. The van der Waals surface area contributed by atoms with Crippen molar-refractivity contribution in [2.45, 2.75) is 46.1 Å². The second-order valence-corrected chi connectivity index (χ2v) is 7.63. The summed E-state index contributed by atoms with van der Waals surface area (Å²) in [4.78, 5) is 32.3. The number of rotatable bonds is 7. The van der Waals surface area contributed by atoms with E-state index >= 15 is 0 Å². The zero-order chi connectivity index (χ0) is 21.6. The van der Waals surface area contributed by atoms with Crippen LogP contribution in [-0.2, 0) is 28.9 Å². The lowest BCUT2D eigenvalue weighted by molar-refractivity contribution is -0.143. The van der Waals surface area contributed by atoms with Gasteiger partial charge in [-0.15, -0.1) is 0 Å². The van der Waals surface area contributed by atoms with Gasteiger partial charge in [-0.2, -0.15) is 0 Å². The monoisotopic (exact) mass is 417 g/mol. The highest BCUT2D eigenvalue weighted by Gasteiger charge is 2.23. The number of benzene rings is 1. The Morgan fingerprint density at radius 1 is 1.13 bits per heavy atom. The molecule has 3 aromatic rings. The van der Waals surface area contributed by atoms with Crippen LogP contribution >= 0.6 is 0 Å². The molecule has 1 aliphatic heterocycles. The van der Waals surface area contributed by atoms with Gasteiger partial charge in [-0.1, -0.05) is 37.3 Å². The van der Waals surface area contributed by atoms with E-state index < -0.39 is 0 Å². The SMILES string of the molecule is CCCC(=O)OCCc1nccc(N2CCc3c(nc(C)nc3-c3ccccc3)C2)n1. The average Bonchev–Trinajstić information content (AvgIpc) is 2.79. The molecule has 2 aromatic heterocycles. The van der Waals surface area contributed by atoms with Crippen molar-refractivity contribution in [1.82, 2.24) is 19.9 Å². The number of ether oxygens (including phenoxy) is 1. The summed E-state index contributed by atoms with van der Waals surface area (Å²) >= 11 is 0. The van der Waals surface area contributed by atoms with Gasteiger partial charge in [0.05, 0.1) is 24.5 Å². The maximum Gasteiger partial charge on any atom is 0.305 e. The van der Waals surface area contributed by atoms with Crippen molar-refractivity contribution in [3.05, 3.63) is 65.5 Å². The molecule has 0 spiro atoms. The van der Waals surface area contributed by atoms with Gasteiger partial charge in [-0.05, 0) is 25.8 Å². The van der Waals surface area contributed by atoms with Crippen molar-refractivity contribution in [2.24, 2.45) is 0 Å². The third-order valence-corrected chi connectivity index (χ3v) is 5.28. The van der Waals surface area contributed by atoms with E-state index in [1.54, 1.807) is 6.20 Å². The maximum atomic E-state index is 11.5. The topological polar surface area (TPSA) is 81.1 Å². The summed E-state index contributed by atoms with van der Waals surface area (Å²) in [5.74, 6) is 2.15. The van der Waals surface area contributed by atoms with Crippen LogP contribution < -0.4 is 4.90 Å². The molecule has 0 saturated carbocycles. The minimum atomic E-state index is -0.171. The minimum absolute atomic E-state index is 0.171. The number of aromatic nitrogens is 4. The lowest BCUT2D eigenvalue weighted by Crippen LogP contribution is -2.33. The number of fused-ring (bicyclic) bond motifs is 1. The van der Waals surface area contributed by atoms with Crippen molar-refractivity contribution in [3.8, 4) is 11.3 Å². The van der Waals surface area contributed by atoms with Crippen molar-refractivity contribution in [2.75, 3.05) is 18.1 Å². The lowest BCUT2D eigenvalue weighted by atomic mass is 9.98. The molecule has 0 saturated heterocycles. The van der Waals surface area contributed by atoms with Crippen LogP contribution in [0.2, 0.25) is 0 Å². The van der Waals surface area contributed by atoms with Crippen molar-refractivity contribution in [3.63, 3.8) is 0 Å². The second-order valence-electron chi connectivity index (χ2n) is 7.63. The Hall–Kier alpha value is -3.35. The van der Waals surface area contributed by atoms with Crippen LogP contribution in [0.5, 0.6) is 0 Å². The molecule has 4 rings (SSSR count). The Balaban J connectivity index is 1.49. The molecule has 31 heavy (non-hydrogen) atoms. The zero-order valence-electron chi connectivity index (χ0n) is 18.0. The molecule has 0 N–H and O–H groups in total. The summed E-state index contributed by atoms with van der Waals surface area (Å²) in [5.41, 5.74) is 4.41. The highest BCUT2D eigenvalue weighted by atomic mass is 16.5. The summed E-state index contributed by atoms with van der Waals surface area (Å²) in [6.45, 7) is 5.72. The van der Waals surface area contributed by atoms with Crippen LogP contribution in [0.25, 0.3) is 11.3 Å². The third-order valence-electron chi connectivity index (χ3n) is 5.28. The Morgan fingerprint density at radius 3 is 2.77 bits per heavy atom. The molecule has 0 bridgehead atoms. The van der Waals surface area contributed by atoms with Gasteiger partial charge >= 0.3 is 5.97 Å². The van der Waals surface area contributed by atoms with E-state index in [1.165, 1.54) is 5.56 Å². The van der Waals surface area contributed by atoms with Crippen molar-refractivity contribution in [1.29, 1.82) is 0 Å². The molecule has 7 heteroatoms. The fourth-order valence-corrected chi connectivity index (χ4v) is 3.80. The quantitative estimate of drug-likeness (QED) is 0.542. The van der Waals surface area contributed by atoms with Crippen LogP contribution in [-0.4, -0.2) is 39.1 Å². The molecular weight excluding hydrogens is 390 g/mol. The Labute approximate surface area is 182 Å². The van der Waals surface area contributed by atoms with Crippen molar-refractivity contribution >= 4 is 11.8 Å². The number of anilines is 1. The highest BCUT2D eigenvalue weighted by Crippen LogP contribution is 2.29. The van der Waals surface area contributed by atoms with E-state index in [0.29, 0.717) is 31.8 Å². The van der Waals surface area contributed by atoms with Gasteiger partial charge in [0.1, 0.15) is 17.5 Å². The fraction of sp³-hybridized carbons (Fsp3) is 0.375. The summed E-state index contributed by atoms with van der Waals surface area (Å²) in [6.07, 6.45) is 4.36. The van der Waals surface area contributed by atoms with Gasteiger partial charge in [-0.25, -0.2) is 19.9 Å². The van der Waals surface area contributed by atoms with E-state index in [2.05, 4.69) is 22.0 Å². The minimum Gasteiger partial charge on any atom is -0.465 e. The second kappa shape index (κ2) is 9.64. The molecule has 0 radical (unpaired) electrons. The first-order chi connectivity index (χ1) is 15.1. The fourth-order valence-electron chi connectivity index (χ4n) is 3.80. The van der Waals surface area contributed by atoms with Crippen LogP contribution in [0.1, 0.15) is 42.7 Å². The molecule has 1 aliphatic rings. The first-order valence-corrected chi connectivity index (χ1v) is 10.8. The molecule has 0 aliphatic carbocycles. The van der Waals surface area contributed by atoms with Crippen LogP contribution in [0.4, 0.5) is 5.82 Å². The Kier molecular flexibility index (Phi) is 6.50. The Bertz CT molecular complexity index is 1060. The predicted molar refractivity (Wildman–Crippen MR) is 119 cm³/mol. The highest BCUT2D eigenvalue weighted by molar-refractivity contribution is 5.69. The van der Waals surface area contributed by atoms with Crippen molar-refractivity contribution < 1.29 is 9.53 Å². The molecule has 1 aromatic carbocycles. The van der Waals surface area contributed by atoms with Crippen LogP contribution in [0.15, 0.2) is 42.6 Å². The third kappa shape index (κ3) is 5.05. The van der Waals surface area contributed by atoms with Crippen LogP contribution in [0.3, 0.4) is 0 Å². The molecule has 0 fully saturated rings. The molecule has 0 atom stereocenters. The number of nitrogens with zero attached hydrogens (tertiary/aromatic N) is 5. The number of hydrogen-bond donors (Lipinski definition) is 0. The molecular formula is C24H27N5O2. The number of carbonyl (C=O) groups is 1. The number of carbonyl (C=O) groups excluding carboxylic acids is 1. The summed E-state index contributed by atoms with van der Waals surface area (Å²) < 4.78 is 5.24. The molecule has 160 valence electrons. The summed E-state index contributed by atoms with van der Waals surface area (Å²) in [7, 11) is 0. The van der Waals surface area contributed by atoms with E-state index in [0.717, 1.165) is 48.0 Å². The van der Waals surface area contributed by atoms with E-state index in [1.807, 2.05) is 38.1 Å². The first kappa shape index (κ1) is 20.9. The van der Waals surface area contributed by atoms with E-state index in [4.69, 9.17) is 19.7 Å². The number of aryl methyl sites for hydroxylation is 1. The van der Waals surface area contributed by atoms with Gasteiger partial charge in [0.25, 0.3) is 0 Å². The standard InChI is InChI=1S/C24H27N5O2/c1-3-7-23(30)31-15-12-21-25-13-10-22(28-21)29-14-11-19-20(16-29)26-17(2)27-24(19)18-8-5-4-6-9-18/h4-6,8-10,13H,3,7,11-12,14-16H2,1-2H3. The van der Waals surface area contributed by atoms with E-state index in [9.17, 15) is 4.79 Å². The largest absolute Gasteiger partial charge is 0.465 e. The smallest absolute Gasteiger partial charge is 0.305 e. The summed E-state index contributed by atoms with van der Waals surface area (Å²) in [5, 5.41) is 0. The molecule has 7 nitrogen and oxygen atoms in total. The first-order valence-electron chi connectivity index (χ1n) is 10.8. The van der Waals surface area contributed by atoms with Gasteiger partial charge in [0, 0.05) is 36.7 Å². The molecule has 0 amide bonds. The predicted octanol–water partition coefficient (Wildman–Crippen LogP) is 3.69. The zero-order valence-corrected chi connectivity index (χ0v) is 18.0. The van der Waals surface area contributed by atoms with Gasteiger partial charge < -0.3 is 9.64 Å². The maximum absolute atomic E-state index is 11.5. The molecule has 3 heterocycles. The van der Waals surface area contributed by atoms with Crippen LogP contribution in [0, 0.1) is 6.92 Å². The number of hydrogen-bond acceptors (Lipinski definition) is 7. The molecule has 0 unspecified atom stereocenters. The van der Waals surface area contributed by atoms with Gasteiger partial charge in [0.15, 0.2) is 0 Å².